The van der Waals surface area contributed by atoms with Gasteiger partial charge in [-0.2, -0.15) is 0 Å². The molecule has 0 saturated carbocycles. The molecule has 0 aliphatic carbocycles. The number of sulfonamides is 3. The number of carbonyl (C=O) groups is 1. The van der Waals surface area contributed by atoms with E-state index >= 15 is 0 Å². The zero-order valence-electron chi connectivity index (χ0n) is 46.4. The average molecular weight is 1170 g/mol. The first-order chi connectivity index (χ1) is 33.6. The first-order valence-corrected chi connectivity index (χ1v) is 35.1. The van der Waals surface area contributed by atoms with Gasteiger partial charge in [0.2, 0.25) is 30.1 Å². The molecule has 0 heterocycles. The highest BCUT2D eigenvalue weighted by molar-refractivity contribution is 7.92. The van der Waals surface area contributed by atoms with Gasteiger partial charge in [-0.1, -0.05) is 72.8 Å². The van der Waals surface area contributed by atoms with Gasteiger partial charge in [-0.15, -0.1) is 0 Å². The van der Waals surface area contributed by atoms with Gasteiger partial charge in [0.25, 0.3) is 5.91 Å². The van der Waals surface area contributed by atoms with E-state index in [4.69, 9.17) is 15.4 Å². The number of primary sulfonamides is 2. The monoisotopic (exact) mass is 1170 g/mol. The third kappa shape index (κ3) is 21.8. The predicted octanol–water partition coefficient (Wildman–Crippen LogP) is 7.47. The second-order valence-corrected chi connectivity index (χ2v) is 38.9. The van der Waals surface area contributed by atoms with E-state index in [9.17, 15) is 51.8 Å². The van der Waals surface area contributed by atoms with Crippen molar-refractivity contribution in [1.82, 2.24) is 24.0 Å². The van der Waals surface area contributed by atoms with Crippen molar-refractivity contribution in [3.63, 3.8) is 0 Å². The molecule has 17 nitrogen and oxygen atoms in total. The largest absolute Gasteiger partial charge is 0.345 e. The van der Waals surface area contributed by atoms with E-state index < -0.39 is 95.4 Å². The Balaban J connectivity index is 0.000000507. The Labute approximate surface area is 446 Å². The minimum Gasteiger partial charge on any atom is -0.345 e. The number of hydrogen-bond donors (Lipinski definition) is 4. The van der Waals surface area contributed by atoms with Crippen LogP contribution in [0.2, 0.25) is 36.3 Å². The van der Waals surface area contributed by atoms with Crippen molar-refractivity contribution in [2.45, 2.75) is 117 Å². The van der Waals surface area contributed by atoms with Crippen molar-refractivity contribution in [2.24, 2.45) is 19.4 Å². The van der Waals surface area contributed by atoms with E-state index in [0.29, 0.717) is 25.2 Å². The van der Waals surface area contributed by atoms with Gasteiger partial charge in [0, 0.05) is 39.3 Å². The van der Waals surface area contributed by atoms with Crippen LogP contribution >= 0.6 is 0 Å². The summed E-state index contributed by atoms with van der Waals surface area (Å²) in [6.07, 6.45) is 0. The molecule has 0 spiro atoms. The molecule has 1 amide bonds. The molecular weight excluding hydrogens is 1090 g/mol. The van der Waals surface area contributed by atoms with Crippen molar-refractivity contribution in [3.8, 4) is 0 Å². The van der Waals surface area contributed by atoms with Gasteiger partial charge in [-0.25, -0.2) is 66.8 Å². The van der Waals surface area contributed by atoms with E-state index in [2.05, 4.69) is 29.2 Å². The highest BCUT2D eigenvalue weighted by Crippen LogP contribution is 2.38. The normalized spacial score (nSPS) is 13.4. The quantitative estimate of drug-likeness (QED) is 0.0712. The fourth-order valence-electron chi connectivity index (χ4n) is 5.90. The number of nitrogens with two attached hydrogens (primary N) is 3. The van der Waals surface area contributed by atoms with E-state index in [1.54, 1.807) is 18.2 Å². The summed E-state index contributed by atoms with van der Waals surface area (Å²) >= 11 is 0. The SMILES string of the molecule is CN(C)C(=O)c1ccc(S(N)(=O)=O)c(F)c1.CN(C)Cc1ccc(S(=O)(=O)N[Si](C)(C)C(C)(C)C)c(F)c1.CN(C)Cc1ccc(S(N)(=O)=N[Si](C)(C)C(C)(C)C)c(F)c1.CN(C)Cc1ccc(S(N)(=O)=O)c(F)c1. The van der Waals surface area contributed by atoms with Crippen LogP contribution in [0, 0.1) is 23.3 Å². The molecule has 27 heteroatoms. The molecule has 4 rings (SSSR count). The number of benzene rings is 4. The Bertz CT molecular complexity index is 3110. The van der Waals surface area contributed by atoms with Crippen LogP contribution in [0.1, 0.15) is 68.6 Å². The van der Waals surface area contributed by atoms with Crippen molar-refractivity contribution in [1.29, 1.82) is 0 Å². The van der Waals surface area contributed by atoms with Gasteiger partial charge in [0.1, 0.15) is 56.1 Å². The second kappa shape index (κ2) is 26.6. The molecule has 1 unspecified atom stereocenters. The van der Waals surface area contributed by atoms with E-state index in [1.165, 1.54) is 61.5 Å². The maximum Gasteiger partial charge on any atom is 0.253 e. The lowest BCUT2D eigenvalue weighted by atomic mass is 10.2. The zero-order chi connectivity index (χ0) is 58.8. The van der Waals surface area contributed by atoms with Crippen LogP contribution in [0.5, 0.6) is 0 Å². The molecule has 0 fully saturated rings. The topological polar surface area (TPSA) is 252 Å². The Kier molecular flexibility index (Phi) is 24.5. The number of hydrogen-bond acceptors (Lipinski definition) is 12. The van der Waals surface area contributed by atoms with Crippen LogP contribution in [0.25, 0.3) is 0 Å². The molecule has 0 saturated heterocycles. The Morgan fingerprint density at radius 2 is 0.840 bits per heavy atom. The molecule has 4 aromatic carbocycles. The summed E-state index contributed by atoms with van der Waals surface area (Å²) in [5.74, 6) is -3.51. The highest BCUT2D eigenvalue weighted by Gasteiger charge is 2.40. The lowest BCUT2D eigenvalue weighted by molar-refractivity contribution is 0.0827. The van der Waals surface area contributed by atoms with Gasteiger partial charge in [0.15, 0.2) is 8.24 Å². The fourth-order valence-corrected chi connectivity index (χ4v) is 16.8. The average Bonchev–Trinajstić information content (AvgIpc) is 3.18. The van der Waals surface area contributed by atoms with Crippen LogP contribution in [-0.2, 0) is 59.6 Å². The molecule has 424 valence electrons. The standard InChI is InChI=1S/C15H28FN3OSSi.C15H27FN2O2SSi.C9H11FN2O3S.C9H13FN2O2S/c1-15(2,3)22(6,7)18-21(17,20)14-9-8-12(10-13(14)16)11-19(4)5;1-15(2,3)22(6,7)17-21(19,20)14-9-8-12(10-13(14)16)11-18(4)5;1-12(2)9(13)6-3-4-8(7(10)5-6)16(11,14)15;1-12(2)6-7-3-4-9(8(10)5-7)15(11,13)14/h8-10H,11H2,1-7H3,(H2,17,18,20);8-10,17H,11H2,1-7H3;3-5H,1-2H3,(H2,11,14,15);3-5H,6H2,1-2H3,(H2,11,13,14). The van der Waals surface area contributed by atoms with Crippen molar-refractivity contribution >= 4 is 62.4 Å². The molecule has 0 bridgehead atoms. The van der Waals surface area contributed by atoms with Crippen LogP contribution in [0.15, 0.2) is 96.4 Å². The lowest BCUT2D eigenvalue weighted by Crippen LogP contribution is -2.54. The van der Waals surface area contributed by atoms with Gasteiger partial charge in [-0.05, 0) is 137 Å². The number of rotatable bonds is 14. The van der Waals surface area contributed by atoms with Crippen LogP contribution < -0.4 is 19.8 Å². The van der Waals surface area contributed by atoms with Crippen LogP contribution in [0.4, 0.5) is 17.6 Å². The summed E-state index contributed by atoms with van der Waals surface area (Å²) in [7, 11) is -5.42. The third-order valence-electron chi connectivity index (χ3n) is 11.8. The highest BCUT2D eigenvalue weighted by atomic mass is 32.2. The zero-order valence-corrected chi connectivity index (χ0v) is 51.7. The summed E-state index contributed by atoms with van der Waals surface area (Å²) in [5.41, 5.74) is 2.32. The summed E-state index contributed by atoms with van der Waals surface area (Å²) in [6.45, 7) is 21.7. The molecule has 7 N–H and O–H groups in total. The van der Waals surface area contributed by atoms with E-state index in [1.807, 2.05) is 104 Å². The minimum atomic E-state index is -4.10. The number of carbonyl (C=O) groups excluding carboxylic acids is 1. The Morgan fingerprint density at radius 3 is 1.12 bits per heavy atom. The molecule has 0 aliphatic rings. The number of amides is 1. The van der Waals surface area contributed by atoms with Gasteiger partial charge >= 0.3 is 0 Å². The molecule has 1 atom stereocenters. The number of halogens is 4. The lowest BCUT2D eigenvalue weighted by Gasteiger charge is -2.36. The second-order valence-electron chi connectivity index (χ2n) is 21.9. The molecule has 4 aromatic rings. The first kappa shape index (κ1) is 69.0. The summed E-state index contributed by atoms with van der Waals surface area (Å²) < 4.78 is 144. The number of nitrogens with zero attached hydrogens (tertiary/aromatic N) is 5. The molecule has 75 heavy (non-hydrogen) atoms. The first-order valence-electron chi connectivity index (χ1n) is 23.0. The minimum absolute atomic E-state index is 0.000156. The van der Waals surface area contributed by atoms with E-state index in [0.717, 1.165) is 23.3 Å². The van der Waals surface area contributed by atoms with Crippen molar-refractivity contribution in [2.75, 3.05) is 56.4 Å². The van der Waals surface area contributed by atoms with Gasteiger partial charge in [0.05, 0.1) is 4.90 Å². The molecule has 0 aromatic heterocycles. The summed E-state index contributed by atoms with van der Waals surface area (Å²) in [6, 6.07) is 15.9. The Morgan fingerprint density at radius 1 is 0.520 bits per heavy atom. The Hall–Kier alpha value is -3.98. The number of nitrogens with one attached hydrogen (secondary N) is 1. The van der Waals surface area contributed by atoms with E-state index in [-0.39, 0.29) is 25.4 Å². The van der Waals surface area contributed by atoms with Crippen molar-refractivity contribution < 1.29 is 51.8 Å². The van der Waals surface area contributed by atoms with Gasteiger partial charge < -0.3 is 19.6 Å². The van der Waals surface area contributed by atoms with Crippen molar-refractivity contribution in [3.05, 3.63) is 118 Å². The molecule has 0 radical (unpaired) electrons. The molecular formula is C48H79F4N9O8S4Si2. The fraction of sp³-hybridized carbons (Fsp3) is 0.479. The van der Waals surface area contributed by atoms with Gasteiger partial charge in [-0.3, -0.25) is 8.82 Å². The molecule has 0 aliphatic heterocycles. The maximum absolute atomic E-state index is 14.3. The predicted molar refractivity (Wildman–Crippen MR) is 296 cm³/mol. The maximum atomic E-state index is 14.3. The third-order valence-corrected chi connectivity index (χ3v) is 29.0. The van der Waals surface area contributed by atoms with Crippen LogP contribution in [-0.4, -0.2) is 128 Å². The summed E-state index contributed by atoms with van der Waals surface area (Å²) in [4.78, 5) is 17.0. The van der Waals surface area contributed by atoms with Crippen LogP contribution in [0.3, 0.4) is 0 Å². The smallest absolute Gasteiger partial charge is 0.253 e. The summed E-state index contributed by atoms with van der Waals surface area (Å²) in [5, 5.41) is 15.3.